The maximum absolute atomic E-state index is 12.7. The summed E-state index contributed by atoms with van der Waals surface area (Å²) in [6, 6.07) is 8.78. The minimum atomic E-state index is -0.101. The second kappa shape index (κ2) is 8.33. The molecular formula is C23H23N7O2. The lowest BCUT2D eigenvalue weighted by molar-refractivity contribution is 0.333. The van der Waals surface area contributed by atoms with Crippen LogP contribution in [0.1, 0.15) is 12.8 Å². The highest BCUT2D eigenvalue weighted by atomic mass is 16.1. The average molecular weight is 429 g/mol. The molecular weight excluding hydrogens is 406 g/mol. The van der Waals surface area contributed by atoms with Crippen molar-refractivity contribution >= 4 is 16.9 Å². The fourth-order valence-corrected chi connectivity index (χ4v) is 4.21. The molecule has 0 radical (unpaired) electrons. The van der Waals surface area contributed by atoms with E-state index in [4.69, 9.17) is 0 Å². The molecule has 5 rings (SSSR count). The highest BCUT2D eigenvalue weighted by Crippen LogP contribution is 2.23. The smallest absolute Gasteiger partial charge is 0.266 e. The van der Waals surface area contributed by atoms with E-state index in [1.165, 1.54) is 0 Å². The summed E-state index contributed by atoms with van der Waals surface area (Å²) in [4.78, 5) is 40.0. The van der Waals surface area contributed by atoms with Gasteiger partial charge in [-0.15, -0.1) is 0 Å². The second-order valence-electron chi connectivity index (χ2n) is 8.07. The fraction of sp³-hybridized carbons (Fsp3) is 0.304. The molecule has 4 aromatic rings. The van der Waals surface area contributed by atoms with E-state index < -0.39 is 0 Å². The van der Waals surface area contributed by atoms with Gasteiger partial charge in [-0.1, -0.05) is 0 Å². The van der Waals surface area contributed by atoms with Gasteiger partial charge >= 0.3 is 0 Å². The maximum atomic E-state index is 12.7. The molecule has 4 aromatic heterocycles. The summed E-state index contributed by atoms with van der Waals surface area (Å²) in [7, 11) is 1.75. The number of hydrogen-bond acceptors (Lipinski definition) is 7. The van der Waals surface area contributed by atoms with E-state index in [2.05, 4.69) is 25.0 Å². The van der Waals surface area contributed by atoms with Gasteiger partial charge in [-0.2, -0.15) is 5.10 Å². The molecule has 9 heteroatoms. The van der Waals surface area contributed by atoms with Crippen molar-refractivity contribution in [2.75, 3.05) is 18.0 Å². The molecule has 0 amide bonds. The standard InChI is InChI=1S/C23H23N7O2/c1-28-22(32)18-6-11-25-14-20(18)26-23(28)29-12-7-16(8-13-29)15-30-21(31)3-2-19(27-30)17-4-9-24-10-5-17/h2-6,9-11,14,16H,7-8,12-13,15H2,1H3. The van der Waals surface area contributed by atoms with Crippen LogP contribution >= 0.6 is 0 Å². The Balaban J connectivity index is 1.32. The van der Waals surface area contributed by atoms with Crippen LogP contribution < -0.4 is 16.0 Å². The van der Waals surface area contributed by atoms with Crippen LogP contribution in [0.2, 0.25) is 0 Å². The van der Waals surface area contributed by atoms with Crippen LogP contribution in [0.25, 0.3) is 22.2 Å². The molecule has 9 nitrogen and oxygen atoms in total. The van der Waals surface area contributed by atoms with Crippen LogP contribution in [-0.2, 0) is 13.6 Å². The number of hydrogen-bond donors (Lipinski definition) is 0. The quantitative estimate of drug-likeness (QED) is 0.488. The summed E-state index contributed by atoms with van der Waals surface area (Å²) in [5, 5.41) is 5.14. The van der Waals surface area contributed by atoms with Crippen molar-refractivity contribution in [3.63, 3.8) is 0 Å². The van der Waals surface area contributed by atoms with Gasteiger partial charge in [-0.3, -0.25) is 24.1 Å². The van der Waals surface area contributed by atoms with Crippen LogP contribution in [-0.4, -0.2) is 42.4 Å². The van der Waals surface area contributed by atoms with E-state index in [1.54, 1.807) is 59.3 Å². The van der Waals surface area contributed by atoms with Gasteiger partial charge in [0.15, 0.2) is 0 Å². The molecule has 0 N–H and O–H groups in total. The van der Waals surface area contributed by atoms with Crippen LogP contribution in [0, 0.1) is 5.92 Å². The van der Waals surface area contributed by atoms with Crippen molar-refractivity contribution in [2.45, 2.75) is 19.4 Å². The van der Waals surface area contributed by atoms with Crippen molar-refractivity contribution in [1.82, 2.24) is 29.3 Å². The van der Waals surface area contributed by atoms with E-state index in [1.807, 2.05) is 12.1 Å². The summed E-state index contributed by atoms with van der Waals surface area (Å²) in [6.07, 6.45) is 8.43. The molecule has 1 saturated heterocycles. The molecule has 0 spiro atoms. The molecule has 0 aromatic carbocycles. The molecule has 1 fully saturated rings. The third-order valence-electron chi connectivity index (χ3n) is 6.03. The number of piperidine rings is 1. The maximum Gasteiger partial charge on any atom is 0.266 e. The number of anilines is 1. The third-order valence-corrected chi connectivity index (χ3v) is 6.03. The van der Waals surface area contributed by atoms with E-state index in [-0.39, 0.29) is 11.1 Å². The molecule has 1 aliphatic rings. The van der Waals surface area contributed by atoms with Crippen LogP contribution in [0.3, 0.4) is 0 Å². The summed E-state index contributed by atoms with van der Waals surface area (Å²) in [5.41, 5.74) is 2.13. The summed E-state index contributed by atoms with van der Waals surface area (Å²) in [6.45, 7) is 2.09. The first kappa shape index (κ1) is 20.0. The predicted octanol–water partition coefficient (Wildman–Crippen LogP) is 1.86. The molecule has 0 bridgehead atoms. The second-order valence-corrected chi connectivity index (χ2v) is 8.07. The fourth-order valence-electron chi connectivity index (χ4n) is 4.21. The largest absolute Gasteiger partial charge is 0.342 e. The first-order chi connectivity index (χ1) is 15.6. The Morgan fingerprint density at radius 3 is 2.50 bits per heavy atom. The molecule has 5 heterocycles. The predicted molar refractivity (Wildman–Crippen MR) is 121 cm³/mol. The highest BCUT2D eigenvalue weighted by molar-refractivity contribution is 5.77. The third kappa shape index (κ3) is 3.77. The molecule has 0 unspecified atom stereocenters. The lowest BCUT2D eigenvalue weighted by Crippen LogP contribution is -2.40. The molecule has 0 aliphatic carbocycles. The zero-order valence-electron chi connectivity index (χ0n) is 17.8. The lowest BCUT2D eigenvalue weighted by atomic mass is 9.97. The SMILES string of the molecule is Cn1c(N2CCC(Cn3nc(-c4ccncc4)ccc3=O)CC2)nc2cnccc2c1=O. The first-order valence-corrected chi connectivity index (χ1v) is 10.6. The van der Waals surface area contributed by atoms with E-state index in [9.17, 15) is 9.59 Å². The van der Waals surface area contributed by atoms with Gasteiger partial charge in [-0.25, -0.2) is 9.67 Å². The van der Waals surface area contributed by atoms with Gasteiger partial charge < -0.3 is 4.90 Å². The topological polar surface area (TPSA) is 98.8 Å². The molecule has 1 aliphatic heterocycles. The van der Waals surface area contributed by atoms with E-state index in [0.717, 1.165) is 37.2 Å². The minimum Gasteiger partial charge on any atom is -0.342 e. The number of pyridine rings is 2. The first-order valence-electron chi connectivity index (χ1n) is 10.6. The molecule has 32 heavy (non-hydrogen) atoms. The Morgan fingerprint density at radius 1 is 0.969 bits per heavy atom. The van der Waals surface area contributed by atoms with Crippen molar-refractivity contribution in [3.8, 4) is 11.3 Å². The Labute approximate surface area is 184 Å². The highest BCUT2D eigenvalue weighted by Gasteiger charge is 2.23. The number of nitrogens with zero attached hydrogens (tertiary/aromatic N) is 7. The normalized spacial score (nSPS) is 14.7. The Kier molecular flexibility index (Phi) is 5.22. The zero-order chi connectivity index (χ0) is 22.1. The average Bonchev–Trinajstić information content (AvgIpc) is 2.84. The molecule has 0 atom stereocenters. The van der Waals surface area contributed by atoms with E-state index in [0.29, 0.717) is 29.3 Å². The van der Waals surface area contributed by atoms with Crippen LogP contribution in [0.4, 0.5) is 5.95 Å². The van der Waals surface area contributed by atoms with Gasteiger partial charge in [0.1, 0.15) is 0 Å². The van der Waals surface area contributed by atoms with Crippen molar-refractivity contribution < 1.29 is 0 Å². The number of aromatic nitrogens is 6. The summed E-state index contributed by atoms with van der Waals surface area (Å²) >= 11 is 0. The van der Waals surface area contributed by atoms with Crippen LogP contribution in [0.5, 0.6) is 0 Å². The van der Waals surface area contributed by atoms with Gasteiger partial charge in [0.2, 0.25) is 5.95 Å². The van der Waals surface area contributed by atoms with E-state index >= 15 is 0 Å². The van der Waals surface area contributed by atoms with Crippen molar-refractivity contribution in [2.24, 2.45) is 13.0 Å². The van der Waals surface area contributed by atoms with Gasteiger partial charge in [0, 0.05) is 56.9 Å². The van der Waals surface area contributed by atoms with Gasteiger partial charge in [0.05, 0.1) is 22.8 Å². The van der Waals surface area contributed by atoms with Crippen molar-refractivity contribution in [1.29, 1.82) is 0 Å². The number of fused-ring (bicyclic) bond motifs is 1. The van der Waals surface area contributed by atoms with Gasteiger partial charge in [0.25, 0.3) is 11.1 Å². The minimum absolute atomic E-state index is 0.0711. The van der Waals surface area contributed by atoms with Crippen LogP contribution in [0.15, 0.2) is 64.7 Å². The Bertz CT molecular complexity index is 1370. The lowest BCUT2D eigenvalue weighted by Gasteiger charge is -2.33. The molecule has 162 valence electrons. The van der Waals surface area contributed by atoms with Crippen molar-refractivity contribution in [3.05, 3.63) is 75.8 Å². The Morgan fingerprint density at radius 2 is 1.72 bits per heavy atom. The Hall–Kier alpha value is -3.88. The zero-order valence-corrected chi connectivity index (χ0v) is 17.8. The van der Waals surface area contributed by atoms with Gasteiger partial charge in [-0.05, 0) is 43.0 Å². The summed E-state index contributed by atoms with van der Waals surface area (Å²) in [5.74, 6) is 0.979. The molecule has 0 saturated carbocycles. The summed E-state index contributed by atoms with van der Waals surface area (Å²) < 4.78 is 3.17. The number of rotatable bonds is 4. The monoisotopic (exact) mass is 429 g/mol.